The second kappa shape index (κ2) is 9.54. The van der Waals surface area contributed by atoms with Crippen LogP contribution in [0.15, 0.2) is 59.4 Å². The Hall–Kier alpha value is -3.19. The maximum atomic E-state index is 12.5. The van der Waals surface area contributed by atoms with Gasteiger partial charge in [0.05, 0.1) is 12.8 Å². The number of pyridine rings is 1. The highest BCUT2D eigenvalue weighted by Crippen LogP contribution is 2.27. The number of ether oxygens (including phenoxy) is 1. The number of aromatic nitrogens is 2. The van der Waals surface area contributed by atoms with Crippen molar-refractivity contribution in [3.05, 3.63) is 77.4 Å². The van der Waals surface area contributed by atoms with Gasteiger partial charge in [-0.25, -0.2) is 0 Å². The predicted molar refractivity (Wildman–Crippen MR) is 112 cm³/mol. The zero-order valence-electron chi connectivity index (χ0n) is 17.1. The van der Waals surface area contributed by atoms with Crippen LogP contribution in [0.1, 0.15) is 46.1 Å². The molecule has 7 heteroatoms. The van der Waals surface area contributed by atoms with Crippen LogP contribution < -0.4 is 10.1 Å². The molecule has 7 nitrogen and oxygen atoms in total. The molecule has 1 saturated heterocycles. The van der Waals surface area contributed by atoms with Crippen molar-refractivity contribution in [3.63, 3.8) is 0 Å². The molecule has 0 spiro atoms. The number of likely N-dealkylation sites (tertiary alicyclic amines) is 1. The first kappa shape index (κ1) is 20.1. The summed E-state index contributed by atoms with van der Waals surface area (Å²) in [4.78, 5) is 19.1. The van der Waals surface area contributed by atoms with Crippen molar-refractivity contribution >= 4 is 5.91 Å². The third-order valence-electron chi connectivity index (χ3n) is 5.42. The van der Waals surface area contributed by atoms with Gasteiger partial charge >= 0.3 is 0 Å². The molecule has 0 aliphatic carbocycles. The lowest BCUT2D eigenvalue weighted by Gasteiger charge is -2.31. The van der Waals surface area contributed by atoms with E-state index in [1.807, 2.05) is 36.5 Å². The topological polar surface area (TPSA) is 80.5 Å². The van der Waals surface area contributed by atoms with E-state index < -0.39 is 0 Å². The molecular formula is C23H26N4O3. The van der Waals surface area contributed by atoms with Crippen molar-refractivity contribution in [2.45, 2.75) is 31.8 Å². The van der Waals surface area contributed by atoms with E-state index in [0.29, 0.717) is 6.54 Å². The number of hydrogen-bond acceptors (Lipinski definition) is 6. The number of carbonyl (C=O) groups is 1. The maximum Gasteiger partial charge on any atom is 0.290 e. The lowest BCUT2D eigenvalue weighted by atomic mass is 9.94. The monoisotopic (exact) mass is 406 g/mol. The number of hydrogen-bond donors (Lipinski definition) is 1. The summed E-state index contributed by atoms with van der Waals surface area (Å²) < 4.78 is 10.5. The number of rotatable bonds is 7. The van der Waals surface area contributed by atoms with Gasteiger partial charge in [0, 0.05) is 44.0 Å². The normalized spacial score (nSPS) is 16.9. The summed E-state index contributed by atoms with van der Waals surface area (Å²) in [5.74, 6) is 1.05. The molecule has 0 bridgehead atoms. The van der Waals surface area contributed by atoms with E-state index in [1.165, 1.54) is 5.56 Å². The van der Waals surface area contributed by atoms with Crippen LogP contribution in [0.3, 0.4) is 0 Å². The van der Waals surface area contributed by atoms with Gasteiger partial charge in [0.1, 0.15) is 5.75 Å². The summed E-state index contributed by atoms with van der Waals surface area (Å²) in [6.07, 6.45) is 5.84. The molecule has 1 aliphatic heterocycles. The molecule has 1 aliphatic rings. The fraction of sp³-hybridized carbons (Fsp3) is 0.348. The molecule has 30 heavy (non-hydrogen) atoms. The zero-order chi connectivity index (χ0) is 20.8. The molecule has 0 radical (unpaired) electrons. The molecule has 1 aromatic carbocycles. The molecule has 1 unspecified atom stereocenters. The van der Waals surface area contributed by atoms with E-state index >= 15 is 0 Å². The average molecular weight is 406 g/mol. The largest absolute Gasteiger partial charge is 0.497 e. The SMILES string of the molecule is COc1ccc(CNC(=O)c2cc(C3CCCN(Cc4cccnc4)C3)no2)cc1. The number of nitrogens with zero attached hydrogens (tertiary/aromatic N) is 3. The van der Waals surface area contributed by atoms with E-state index in [-0.39, 0.29) is 17.6 Å². The van der Waals surface area contributed by atoms with Gasteiger partial charge in [-0.1, -0.05) is 23.4 Å². The summed E-state index contributed by atoms with van der Waals surface area (Å²) in [6, 6.07) is 13.4. The minimum Gasteiger partial charge on any atom is -0.497 e. The van der Waals surface area contributed by atoms with Gasteiger partial charge in [-0.15, -0.1) is 0 Å². The summed E-state index contributed by atoms with van der Waals surface area (Å²) >= 11 is 0. The lowest BCUT2D eigenvalue weighted by molar-refractivity contribution is 0.0913. The van der Waals surface area contributed by atoms with Crippen LogP contribution in [0.2, 0.25) is 0 Å². The first-order valence-corrected chi connectivity index (χ1v) is 10.2. The van der Waals surface area contributed by atoms with Crippen molar-refractivity contribution in [2.75, 3.05) is 20.2 Å². The average Bonchev–Trinajstić information content (AvgIpc) is 3.29. The summed E-state index contributed by atoms with van der Waals surface area (Å²) in [5.41, 5.74) is 3.04. The number of piperidine rings is 1. The van der Waals surface area contributed by atoms with Gasteiger partial charge in [-0.05, 0) is 48.7 Å². The van der Waals surface area contributed by atoms with Crippen molar-refractivity contribution in [2.24, 2.45) is 0 Å². The molecule has 3 heterocycles. The Labute approximate surface area is 176 Å². The van der Waals surface area contributed by atoms with Gasteiger partial charge in [0.2, 0.25) is 5.76 Å². The third-order valence-corrected chi connectivity index (χ3v) is 5.42. The van der Waals surface area contributed by atoms with E-state index in [2.05, 4.69) is 26.4 Å². The highest BCUT2D eigenvalue weighted by atomic mass is 16.5. The number of methoxy groups -OCH3 is 1. The number of carbonyl (C=O) groups excluding carboxylic acids is 1. The Bertz CT molecular complexity index is 956. The third kappa shape index (κ3) is 5.04. The van der Waals surface area contributed by atoms with Crippen LogP contribution in [-0.2, 0) is 13.1 Å². The van der Waals surface area contributed by atoms with Gasteiger partial charge < -0.3 is 14.6 Å². The second-order valence-electron chi connectivity index (χ2n) is 7.58. The molecule has 1 N–H and O–H groups in total. The Morgan fingerprint density at radius 3 is 2.90 bits per heavy atom. The first-order chi connectivity index (χ1) is 14.7. The van der Waals surface area contributed by atoms with E-state index in [0.717, 1.165) is 49.5 Å². The molecule has 156 valence electrons. The van der Waals surface area contributed by atoms with Crippen LogP contribution in [0, 0.1) is 0 Å². The van der Waals surface area contributed by atoms with Gasteiger partial charge in [-0.2, -0.15) is 0 Å². The molecule has 1 fully saturated rings. The van der Waals surface area contributed by atoms with Crippen molar-refractivity contribution in [3.8, 4) is 5.75 Å². The van der Waals surface area contributed by atoms with Crippen LogP contribution in [0.4, 0.5) is 0 Å². The molecule has 0 saturated carbocycles. The maximum absolute atomic E-state index is 12.5. The fourth-order valence-electron chi connectivity index (χ4n) is 3.79. The molecule has 1 amide bonds. The smallest absolute Gasteiger partial charge is 0.290 e. The van der Waals surface area contributed by atoms with Crippen LogP contribution in [-0.4, -0.2) is 41.1 Å². The number of nitrogens with one attached hydrogen (secondary N) is 1. The van der Waals surface area contributed by atoms with E-state index in [1.54, 1.807) is 19.4 Å². The number of amides is 1. The summed E-state index contributed by atoms with van der Waals surface area (Å²) in [6.45, 7) is 3.24. The van der Waals surface area contributed by atoms with Gasteiger partial charge in [0.25, 0.3) is 5.91 Å². The second-order valence-corrected chi connectivity index (χ2v) is 7.58. The summed E-state index contributed by atoms with van der Waals surface area (Å²) in [5, 5.41) is 7.07. The molecule has 2 aromatic heterocycles. The highest BCUT2D eigenvalue weighted by molar-refractivity contribution is 5.91. The fourth-order valence-corrected chi connectivity index (χ4v) is 3.79. The van der Waals surface area contributed by atoms with E-state index in [9.17, 15) is 4.79 Å². The first-order valence-electron chi connectivity index (χ1n) is 10.2. The quantitative estimate of drug-likeness (QED) is 0.648. The summed E-state index contributed by atoms with van der Waals surface area (Å²) in [7, 11) is 1.63. The number of benzene rings is 1. The zero-order valence-corrected chi connectivity index (χ0v) is 17.1. The van der Waals surface area contributed by atoms with Crippen LogP contribution in [0.25, 0.3) is 0 Å². The van der Waals surface area contributed by atoms with Crippen LogP contribution >= 0.6 is 0 Å². The minimum absolute atomic E-state index is 0.253. The Morgan fingerprint density at radius 2 is 2.13 bits per heavy atom. The lowest BCUT2D eigenvalue weighted by Crippen LogP contribution is -2.34. The Morgan fingerprint density at radius 1 is 1.27 bits per heavy atom. The Balaban J connectivity index is 1.32. The molecule has 3 aromatic rings. The van der Waals surface area contributed by atoms with Gasteiger partial charge in [0.15, 0.2) is 0 Å². The van der Waals surface area contributed by atoms with E-state index in [4.69, 9.17) is 9.26 Å². The van der Waals surface area contributed by atoms with Crippen molar-refractivity contribution < 1.29 is 14.1 Å². The molecule has 4 rings (SSSR count). The van der Waals surface area contributed by atoms with Crippen molar-refractivity contribution in [1.29, 1.82) is 0 Å². The predicted octanol–water partition coefficient (Wildman–Crippen LogP) is 3.39. The Kier molecular flexibility index (Phi) is 6.39. The van der Waals surface area contributed by atoms with Crippen molar-refractivity contribution in [1.82, 2.24) is 20.4 Å². The van der Waals surface area contributed by atoms with Gasteiger partial charge in [-0.3, -0.25) is 14.7 Å². The van der Waals surface area contributed by atoms with Crippen LogP contribution in [0.5, 0.6) is 5.75 Å². The standard InChI is InChI=1S/C23H26N4O3/c1-29-20-8-6-17(7-9-20)14-25-23(28)22-12-21(26-30-22)19-5-3-11-27(16-19)15-18-4-2-10-24-13-18/h2,4,6-10,12-13,19H,3,5,11,14-16H2,1H3,(H,25,28). The molecular weight excluding hydrogens is 380 g/mol. The highest BCUT2D eigenvalue weighted by Gasteiger charge is 2.25. The minimum atomic E-state index is -0.257. The molecule has 1 atom stereocenters.